The first-order chi connectivity index (χ1) is 7.47. The van der Waals surface area contributed by atoms with E-state index in [-0.39, 0.29) is 12.5 Å². The van der Waals surface area contributed by atoms with E-state index in [9.17, 15) is 9.90 Å². The summed E-state index contributed by atoms with van der Waals surface area (Å²) in [6.45, 7) is 3.08. The van der Waals surface area contributed by atoms with Crippen LogP contribution >= 0.6 is 0 Å². The predicted molar refractivity (Wildman–Crippen MR) is 60.2 cm³/mol. The van der Waals surface area contributed by atoms with E-state index >= 15 is 0 Å². The Morgan fingerprint density at radius 2 is 2.25 bits per heavy atom. The van der Waals surface area contributed by atoms with E-state index in [0.717, 1.165) is 5.69 Å². The number of amides is 1. The molecule has 0 bridgehead atoms. The van der Waals surface area contributed by atoms with Gasteiger partial charge in [-0.3, -0.25) is 4.79 Å². The molecule has 5 heteroatoms. The van der Waals surface area contributed by atoms with Gasteiger partial charge in [-0.15, -0.1) is 0 Å². The van der Waals surface area contributed by atoms with Crippen LogP contribution in [0.4, 0.5) is 0 Å². The fraction of sp³-hybridized carbons (Fsp3) is 0.545. The van der Waals surface area contributed by atoms with Crippen LogP contribution in [0, 0.1) is 6.92 Å². The predicted octanol–water partition coefficient (Wildman–Crippen LogP) is -0.195. The molecular weight excluding hydrogens is 208 g/mol. The molecule has 90 valence electrons. The van der Waals surface area contributed by atoms with Crippen LogP contribution in [0.5, 0.6) is 0 Å². The van der Waals surface area contributed by atoms with Crippen molar-refractivity contribution in [3.8, 4) is 0 Å². The summed E-state index contributed by atoms with van der Waals surface area (Å²) in [5.41, 5.74) is 1.40. The van der Waals surface area contributed by atoms with E-state index in [1.165, 1.54) is 6.92 Å². The molecule has 0 aliphatic heterocycles. The molecule has 0 fully saturated rings. The van der Waals surface area contributed by atoms with Crippen LogP contribution in [0.25, 0.3) is 0 Å². The normalized spacial score (nSPS) is 14.6. The highest BCUT2D eigenvalue weighted by atomic mass is 16.3. The molecule has 1 rings (SSSR count). The van der Waals surface area contributed by atoms with Crippen LogP contribution in [-0.2, 0) is 7.05 Å². The van der Waals surface area contributed by atoms with E-state index in [4.69, 9.17) is 5.11 Å². The molecule has 1 amide bonds. The summed E-state index contributed by atoms with van der Waals surface area (Å²) in [5.74, 6) is -0.280. The van der Waals surface area contributed by atoms with Crippen LogP contribution < -0.4 is 5.32 Å². The lowest BCUT2D eigenvalue weighted by molar-refractivity contribution is 0.0757. The van der Waals surface area contributed by atoms with Gasteiger partial charge >= 0.3 is 0 Å². The number of aliphatic hydroxyl groups excluding tert-OH is 2. The van der Waals surface area contributed by atoms with Crippen molar-refractivity contribution < 1.29 is 15.0 Å². The van der Waals surface area contributed by atoms with Crippen molar-refractivity contribution in [3.63, 3.8) is 0 Å². The van der Waals surface area contributed by atoms with Crippen LogP contribution in [-0.4, -0.2) is 39.4 Å². The highest BCUT2D eigenvalue weighted by molar-refractivity contribution is 5.95. The zero-order valence-corrected chi connectivity index (χ0v) is 9.77. The average Bonchev–Trinajstić information content (AvgIpc) is 2.55. The molecule has 3 N–H and O–H groups in total. The monoisotopic (exact) mass is 226 g/mol. The lowest BCUT2D eigenvalue weighted by atomic mass is 10.1. The minimum atomic E-state index is -0.780. The summed E-state index contributed by atoms with van der Waals surface area (Å²) in [7, 11) is 1.85. The Morgan fingerprint density at radius 3 is 2.62 bits per heavy atom. The van der Waals surface area contributed by atoms with Gasteiger partial charge in [-0.25, -0.2) is 0 Å². The number of hydrogen-bond acceptors (Lipinski definition) is 3. The highest BCUT2D eigenvalue weighted by Gasteiger charge is 2.19. The minimum absolute atomic E-state index is 0.280. The molecule has 1 aromatic rings. The zero-order valence-electron chi connectivity index (χ0n) is 9.77. The molecule has 0 radical (unpaired) electrons. The first-order valence-corrected chi connectivity index (χ1v) is 5.19. The molecule has 0 saturated carbocycles. The number of aryl methyl sites for hydroxylation is 1. The second-order valence-corrected chi connectivity index (χ2v) is 3.93. The minimum Gasteiger partial charge on any atom is -0.394 e. The first kappa shape index (κ1) is 12.7. The molecular formula is C11H18N2O3. The number of rotatable bonds is 4. The molecule has 1 heterocycles. The van der Waals surface area contributed by atoms with Crippen molar-refractivity contribution in [1.82, 2.24) is 9.88 Å². The standard InChI is InChI=1S/C11H18N2O3/c1-7-9(4-5-13(7)3)11(16)12-10(6-14)8(2)15/h4-5,8,10,14-15H,6H2,1-3H3,(H,12,16)/t8-,10-/m1/s1. The Hall–Kier alpha value is -1.33. The van der Waals surface area contributed by atoms with Gasteiger partial charge < -0.3 is 20.1 Å². The summed E-state index contributed by atoms with van der Waals surface area (Å²) in [4.78, 5) is 11.8. The smallest absolute Gasteiger partial charge is 0.253 e. The number of nitrogens with one attached hydrogen (secondary N) is 1. The Bertz CT molecular complexity index is 371. The van der Waals surface area contributed by atoms with Crippen molar-refractivity contribution in [2.75, 3.05) is 6.61 Å². The van der Waals surface area contributed by atoms with Crippen molar-refractivity contribution >= 4 is 5.91 Å². The van der Waals surface area contributed by atoms with Crippen LogP contribution in [0.2, 0.25) is 0 Å². The molecule has 0 aliphatic carbocycles. The molecule has 5 nitrogen and oxygen atoms in total. The van der Waals surface area contributed by atoms with Gasteiger partial charge in [-0.1, -0.05) is 0 Å². The van der Waals surface area contributed by atoms with Crippen LogP contribution in [0.1, 0.15) is 23.0 Å². The van der Waals surface area contributed by atoms with Gasteiger partial charge in [-0.05, 0) is 19.9 Å². The summed E-state index contributed by atoms with van der Waals surface area (Å²) >= 11 is 0. The second kappa shape index (κ2) is 5.14. The third kappa shape index (κ3) is 2.62. The van der Waals surface area contributed by atoms with E-state index in [1.807, 2.05) is 18.5 Å². The maximum Gasteiger partial charge on any atom is 0.253 e. The third-order valence-corrected chi connectivity index (χ3v) is 2.72. The van der Waals surface area contributed by atoms with Crippen molar-refractivity contribution in [2.45, 2.75) is 26.0 Å². The lowest BCUT2D eigenvalue weighted by Crippen LogP contribution is -2.44. The first-order valence-electron chi connectivity index (χ1n) is 5.19. The van der Waals surface area contributed by atoms with Gasteiger partial charge in [0.25, 0.3) is 5.91 Å². The van der Waals surface area contributed by atoms with Gasteiger partial charge in [0.05, 0.1) is 24.3 Å². The summed E-state index contributed by atoms with van der Waals surface area (Å²) < 4.78 is 1.84. The van der Waals surface area contributed by atoms with E-state index in [2.05, 4.69) is 5.32 Å². The average molecular weight is 226 g/mol. The molecule has 16 heavy (non-hydrogen) atoms. The number of aromatic nitrogens is 1. The Balaban J connectivity index is 2.76. The topological polar surface area (TPSA) is 74.5 Å². The van der Waals surface area contributed by atoms with Gasteiger partial charge in [0.1, 0.15) is 0 Å². The maximum atomic E-state index is 11.8. The molecule has 0 aliphatic rings. The Morgan fingerprint density at radius 1 is 1.62 bits per heavy atom. The zero-order chi connectivity index (χ0) is 12.3. The number of nitrogens with zero attached hydrogens (tertiary/aromatic N) is 1. The molecule has 1 aromatic heterocycles. The van der Waals surface area contributed by atoms with Crippen LogP contribution in [0.15, 0.2) is 12.3 Å². The molecule has 2 atom stereocenters. The van der Waals surface area contributed by atoms with Gasteiger partial charge in [0.2, 0.25) is 0 Å². The van der Waals surface area contributed by atoms with Crippen molar-refractivity contribution in [1.29, 1.82) is 0 Å². The summed E-state index contributed by atoms with van der Waals surface area (Å²) in [5, 5.41) is 20.9. The summed E-state index contributed by atoms with van der Waals surface area (Å²) in [6.07, 6.45) is 1.01. The molecule has 0 saturated heterocycles. The summed E-state index contributed by atoms with van der Waals surface area (Å²) in [6, 6.07) is 1.08. The molecule has 0 spiro atoms. The van der Waals surface area contributed by atoms with Crippen molar-refractivity contribution in [2.24, 2.45) is 7.05 Å². The highest BCUT2D eigenvalue weighted by Crippen LogP contribution is 2.08. The Labute approximate surface area is 94.7 Å². The molecule has 0 aromatic carbocycles. The lowest BCUT2D eigenvalue weighted by Gasteiger charge is -2.18. The van der Waals surface area contributed by atoms with E-state index < -0.39 is 12.1 Å². The van der Waals surface area contributed by atoms with E-state index in [1.54, 1.807) is 12.3 Å². The number of aliphatic hydroxyl groups is 2. The van der Waals surface area contributed by atoms with E-state index in [0.29, 0.717) is 5.56 Å². The fourth-order valence-corrected chi connectivity index (χ4v) is 1.41. The second-order valence-electron chi connectivity index (χ2n) is 3.93. The maximum absolute atomic E-state index is 11.8. The van der Waals surface area contributed by atoms with Gasteiger partial charge in [0.15, 0.2) is 0 Å². The SMILES string of the molecule is Cc1c(C(=O)N[C@H](CO)[C@@H](C)O)ccn1C. The quantitative estimate of drug-likeness (QED) is 0.666. The van der Waals surface area contributed by atoms with Gasteiger partial charge in [-0.2, -0.15) is 0 Å². The number of carbonyl (C=O) groups excluding carboxylic acids is 1. The molecule has 0 unspecified atom stereocenters. The Kier molecular flexibility index (Phi) is 4.09. The van der Waals surface area contributed by atoms with Gasteiger partial charge in [0, 0.05) is 18.9 Å². The van der Waals surface area contributed by atoms with Crippen molar-refractivity contribution in [3.05, 3.63) is 23.5 Å². The number of hydrogen-bond donors (Lipinski definition) is 3. The third-order valence-electron chi connectivity index (χ3n) is 2.72. The number of carbonyl (C=O) groups is 1. The largest absolute Gasteiger partial charge is 0.394 e. The fourth-order valence-electron chi connectivity index (χ4n) is 1.41. The van der Waals surface area contributed by atoms with Crippen LogP contribution in [0.3, 0.4) is 0 Å².